The van der Waals surface area contributed by atoms with E-state index < -0.39 is 5.97 Å². The minimum Gasteiger partial charge on any atom is -0.462 e. The van der Waals surface area contributed by atoms with E-state index in [1.165, 1.54) is 0 Å². The average Bonchev–Trinajstić information content (AvgIpc) is 3.03. The molecule has 0 atom stereocenters. The van der Waals surface area contributed by atoms with Crippen molar-refractivity contribution < 1.29 is 13.9 Å². The van der Waals surface area contributed by atoms with Crippen molar-refractivity contribution in [3.63, 3.8) is 0 Å². The molecule has 7 heteroatoms. The molecule has 1 N–H and O–H groups in total. The van der Waals surface area contributed by atoms with Gasteiger partial charge in [-0.3, -0.25) is 4.79 Å². The lowest BCUT2D eigenvalue weighted by Gasteiger charge is -1.99. The molecule has 0 unspecified atom stereocenters. The van der Waals surface area contributed by atoms with Gasteiger partial charge in [-0.15, -0.1) is 11.3 Å². The first-order valence-electron chi connectivity index (χ1n) is 6.78. The lowest BCUT2D eigenvalue weighted by atomic mass is 10.2. The smallest absolute Gasteiger partial charge is 0.348 e. The van der Waals surface area contributed by atoms with Crippen LogP contribution in [0, 0.1) is 13.8 Å². The predicted octanol–water partition coefficient (Wildman–Crippen LogP) is 3.04. The Hall–Kier alpha value is -2.41. The van der Waals surface area contributed by atoms with Crippen LogP contribution < -0.4 is 5.56 Å². The molecular weight excluding hydrogens is 304 g/mol. The van der Waals surface area contributed by atoms with E-state index in [2.05, 4.69) is 9.97 Å². The van der Waals surface area contributed by atoms with Gasteiger partial charge >= 0.3 is 5.97 Å². The zero-order valence-corrected chi connectivity index (χ0v) is 13.2. The van der Waals surface area contributed by atoms with Gasteiger partial charge in [-0.2, -0.15) is 0 Å². The summed E-state index contributed by atoms with van der Waals surface area (Å²) in [5.74, 6) is 1.13. The molecule has 0 aliphatic rings. The van der Waals surface area contributed by atoms with Gasteiger partial charge in [0.25, 0.3) is 5.56 Å². The maximum absolute atomic E-state index is 12.3. The van der Waals surface area contributed by atoms with Crippen molar-refractivity contribution in [3.05, 3.63) is 38.7 Å². The number of aromatic nitrogens is 2. The molecule has 6 nitrogen and oxygen atoms in total. The molecule has 0 radical (unpaired) electrons. The minimum absolute atomic E-state index is 0.285. The molecule has 0 aliphatic heterocycles. The highest BCUT2D eigenvalue weighted by Gasteiger charge is 2.20. The molecule has 0 aliphatic carbocycles. The van der Waals surface area contributed by atoms with E-state index in [4.69, 9.17) is 9.15 Å². The molecule has 3 heterocycles. The minimum atomic E-state index is -0.433. The molecule has 0 spiro atoms. The van der Waals surface area contributed by atoms with E-state index >= 15 is 0 Å². The van der Waals surface area contributed by atoms with Crippen LogP contribution in [0.4, 0.5) is 0 Å². The van der Waals surface area contributed by atoms with Crippen LogP contribution in [0.3, 0.4) is 0 Å². The van der Waals surface area contributed by atoms with Gasteiger partial charge in [-0.1, -0.05) is 0 Å². The number of H-pyrrole nitrogens is 1. The Morgan fingerprint density at radius 1 is 1.41 bits per heavy atom. The summed E-state index contributed by atoms with van der Waals surface area (Å²) in [6, 6.07) is 3.54. The summed E-state index contributed by atoms with van der Waals surface area (Å²) in [7, 11) is 0. The van der Waals surface area contributed by atoms with Crippen LogP contribution in [0.5, 0.6) is 0 Å². The Bertz CT molecular complexity index is 919. The van der Waals surface area contributed by atoms with E-state index in [0.717, 1.165) is 17.1 Å². The van der Waals surface area contributed by atoms with Gasteiger partial charge in [-0.05, 0) is 38.5 Å². The number of hydrogen-bond donors (Lipinski definition) is 1. The van der Waals surface area contributed by atoms with E-state index in [1.54, 1.807) is 26.0 Å². The number of ether oxygens (including phenoxy) is 1. The fraction of sp³-hybridized carbons (Fsp3) is 0.267. The molecule has 0 fully saturated rings. The molecule has 0 bridgehead atoms. The van der Waals surface area contributed by atoms with Gasteiger partial charge < -0.3 is 14.1 Å². The van der Waals surface area contributed by atoms with Crippen molar-refractivity contribution in [1.29, 1.82) is 0 Å². The van der Waals surface area contributed by atoms with Crippen molar-refractivity contribution in [2.45, 2.75) is 20.8 Å². The average molecular weight is 318 g/mol. The standard InChI is InChI=1S/C15H14N2O4S/c1-4-20-15(19)11-8(3)10-13(18)16-12(17-14(10)22-11)9-6-5-7(2)21-9/h5-6H,4H2,1-3H3,(H,16,17,18). The molecule has 3 rings (SSSR count). The Kier molecular flexibility index (Phi) is 3.58. The molecule has 0 aromatic carbocycles. The first-order valence-corrected chi connectivity index (χ1v) is 7.60. The number of nitrogens with zero attached hydrogens (tertiary/aromatic N) is 1. The van der Waals surface area contributed by atoms with Gasteiger partial charge in [0, 0.05) is 0 Å². The Morgan fingerprint density at radius 3 is 2.82 bits per heavy atom. The fourth-order valence-corrected chi connectivity index (χ4v) is 3.29. The zero-order chi connectivity index (χ0) is 15.9. The molecule has 0 saturated carbocycles. The number of carbonyl (C=O) groups excluding carboxylic acids is 1. The number of fused-ring (bicyclic) bond motifs is 1. The van der Waals surface area contributed by atoms with Crippen LogP contribution in [-0.4, -0.2) is 22.5 Å². The zero-order valence-electron chi connectivity index (χ0n) is 12.4. The van der Waals surface area contributed by atoms with Crippen molar-refractivity contribution in [2.75, 3.05) is 6.61 Å². The first kappa shape index (κ1) is 14.5. The predicted molar refractivity (Wildman–Crippen MR) is 83.4 cm³/mol. The van der Waals surface area contributed by atoms with Crippen LogP contribution in [0.25, 0.3) is 21.8 Å². The van der Waals surface area contributed by atoms with E-state index in [-0.39, 0.29) is 12.2 Å². The second kappa shape index (κ2) is 5.42. The monoisotopic (exact) mass is 318 g/mol. The van der Waals surface area contributed by atoms with Gasteiger partial charge in [0.15, 0.2) is 11.6 Å². The summed E-state index contributed by atoms with van der Waals surface area (Å²) < 4.78 is 10.5. The highest BCUT2D eigenvalue weighted by atomic mass is 32.1. The third-order valence-corrected chi connectivity index (χ3v) is 4.40. The summed E-state index contributed by atoms with van der Waals surface area (Å²) in [6.07, 6.45) is 0. The fourth-order valence-electron chi connectivity index (χ4n) is 2.21. The van der Waals surface area contributed by atoms with Crippen LogP contribution in [0.1, 0.15) is 27.9 Å². The van der Waals surface area contributed by atoms with Gasteiger partial charge in [0.05, 0.1) is 12.0 Å². The first-order chi connectivity index (χ1) is 10.5. The number of furan rings is 1. The van der Waals surface area contributed by atoms with E-state index in [1.807, 2.05) is 6.92 Å². The molecular formula is C15H14N2O4S. The molecule has 114 valence electrons. The molecule has 0 saturated heterocycles. The van der Waals surface area contributed by atoms with Crippen LogP contribution >= 0.6 is 11.3 Å². The SMILES string of the molecule is CCOC(=O)c1sc2nc(-c3ccc(C)o3)[nH]c(=O)c2c1C. The summed E-state index contributed by atoms with van der Waals surface area (Å²) in [5.41, 5.74) is 0.299. The Balaban J connectivity index is 2.19. The van der Waals surface area contributed by atoms with Crippen molar-refractivity contribution in [3.8, 4) is 11.6 Å². The van der Waals surface area contributed by atoms with E-state index in [9.17, 15) is 9.59 Å². The maximum atomic E-state index is 12.3. The summed E-state index contributed by atoms with van der Waals surface area (Å²) >= 11 is 1.15. The molecule has 3 aromatic rings. The van der Waals surface area contributed by atoms with Crippen LogP contribution in [0.2, 0.25) is 0 Å². The highest BCUT2D eigenvalue weighted by Crippen LogP contribution is 2.29. The number of carbonyl (C=O) groups is 1. The quantitative estimate of drug-likeness (QED) is 0.750. The number of aryl methyl sites for hydroxylation is 2. The Morgan fingerprint density at radius 2 is 2.18 bits per heavy atom. The number of rotatable bonds is 3. The number of esters is 1. The number of nitrogens with one attached hydrogen (secondary N) is 1. The van der Waals surface area contributed by atoms with Gasteiger partial charge in [0.1, 0.15) is 15.5 Å². The lowest BCUT2D eigenvalue weighted by Crippen LogP contribution is -2.09. The van der Waals surface area contributed by atoms with Crippen LogP contribution in [-0.2, 0) is 4.74 Å². The molecule has 0 amide bonds. The number of thiophene rings is 1. The number of aromatic amines is 1. The van der Waals surface area contributed by atoms with Gasteiger partial charge in [0.2, 0.25) is 0 Å². The van der Waals surface area contributed by atoms with Crippen molar-refractivity contribution >= 4 is 27.5 Å². The van der Waals surface area contributed by atoms with Gasteiger partial charge in [-0.25, -0.2) is 9.78 Å². The summed E-state index contributed by atoms with van der Waals surface area (Å²) in [4.78, 5) is 32.2. The summed E-state index contributed by atoms with van der Waals surface area (Å²) in [6.45, 7) is 5.56. The summed E-state index contributed by atoms with van der Waals surface area (Å²) in [5, 5.41) is 0.417. The van der Waals surface area contributed by atoms with Crippen LogP contribution in [0.15, 0.2) is 21.3 Å². The second-order valence-electron chi connectivity index (χ2n) is 4.78. The topological polar surface area (TPSA) is 85.2 Å². The third-order valence-electron chi connectivity index (χ3n) is 3.24. The van der Waals surface area contributed by atoms with E-state index in [0.29, 0.717) is 32.2 Å². The van der Waals surface area contributed by atoms with Crippen molar-refractivity contribution in [1.82, 2.24) is 9.97 Å². The second-order valence-corrected chi connectivity index (χ2v) is 5.78. The normalized spacial score (nSPS) is 11.0. The lowest BCUT2D eigenvalue weighted by molar-refractivity contribution is 0.0531. The maximum Gasteiger partial charge on any atom is 0.348 e. The largest absolute Gasteiger partial charge is 0.462 e. The number of hydrogen-bond acceptors (Lipinski definition) is 6. The highest BCUT2D eigenvalue weighted by molar-refractivity contribution is 7.20. The molecule has 22 heavy (non-hydrogen) atoms. The molecule has 3 aromatic heterocycles. The Labute approximate surface area is 129 Å². The van der Waals surface area contributed by atoms with Crippen molar-refractivity contribution in [2.24, 2.45) is 0 Å². The third kappa shape index (κ3) is 2.33.